The number of carbonyl (C=O) groups excluding carboxylic acids is 1. The van der Waals surface area contributed by atoms with E-state index < -0.39 is 0 Å². The van der Waals surface area contributed by atoms with Crippen molar-refractivity contribution in [2.75, 3.05) is 25.1 Å². The minimum Gasteiger partial charge on any atom is -0.338 e. The van der Waals surface area contributed by atoms with Crippen molar-refractivity contribution in [3.8, 4) is 0 Å². The van der Waals surface area contributed by atoms with E-state index >= 15 is 0 Å². The van der Waals surface area contributed by atoms with Crippen molar-refractivity contribution in [1.29, 1.82) is 0 Å². The molecular formula is C17H26N2OS. The van der Waals surface area contributed by atoms with Gasteiger partial charge in [-0.3, -0.25) is 4.79 Å². The zero-order chi connectivity index (χ0) is 15.2. The minimum atomic E-state index is 0.148. The molecule has 0 aromatic heterocycles. The van der Waals surface area contributed by atoms with Crippen LogP contribution >= 0.6 is 11.8 Å². The first-order valence-electron chi connectivity index (χ1n) is 7.71. The molecule has 1 saturated heterocycles. The lowest BCUT2D eigenvalue weighted by atomic mass is 9.94. The fraction of sp³-hybridized carbons (Fsp3) is 0.588. The molecule has 0 spiro atoms. The Hall–Kier alpha value is -1.000. The molecule has 4 heteroatoms. The molecule has 2 unspecified atom stereocenters. The third-order valence-electron chi connectivity index (χ3n) is 4.00. The fourth-order valence-corrected chi connectivity index (χ4v) is 3.92. The second kappa shape index (κ2) is 7.85. The standard InChI is InChI=1S/C17H26N2OS/c1-13(2)17(14-7-5-4-6-8-14)19(3)16(20)11-15-12-21-10-9-18-15/h4-8,13,15,17-18H,9-12H2,1-3H3. The minimum absolute atomic E-state index is 0.148. The van der Waals surface area contributed by atoms with Crippen molar-refractivity contribution >= 4 is 17.7 Å². The SMILES string of the molecule is CC(C)C(c1ccccc1)N(C)C(=O)CC1CSCCN1. The van der Waals surface area contributed by atoms with E-state index in [0.717, 1.165) is 18.1 Å². The van der Waals surface area contributed by atoms with Crippen LogP contribution in [0.15, 0.2) is 30.3 Å². The Morgan fingerprint density at radius 2 is 2.10 bits per heavy atom. The van der Waals surface area contributed by atoms with E-state index in [-0.39, 0.29) is 11.9 Å². The Morgan fingerprint density at radius 1 is 1.38 bits per heavy atom. The monoisotopic (exact) mass is 306 g/mol. The number of rotatable bonds is 5. The van der Waals surface area contributed by atoms with Crippen molar-refractivity contribution in [3.63, 3.8) is 0 Å². The smallest absolute Gasteiger partial charge is 0.224 e. The highest BCUT2D eigenvalue weighted by molar-refractivity contribution is 7.99. The lowest BCUT2D eigenvalue weighted by molar-refractivity contribution is -0.133. The summed E-state index contributed by atoms with van der Waals surface area (Å²) in [6, 6.07) is 10.8. The summed E-state index contributed by atoms with van der Waals surface area (Å²) in [7, 11) is 1.94. The van der Waals surface area contributed by atoms with Crippen LogP contribution in [0.1, 0.15) is 31.9 Å². The number of amides is 1. The third kappa shape index (κ3) is 4.48. The Bertz CT molecular complexity index is 443. The second-order valence-corrected chi connectivity index (χ2v) is 7.18. The van der Waals surface area contributed by atoms with Gasteiger partial charge in [-0.1, -0.05) is 44.2 Å². The first-order chi connectivity index (χ1) is 10.1. The van der Waals surface area contributed by atoms with Gasteiger partial charge in [0.15, 0.2) is 0 Å². The predicted molar refractivity (Wildman–Crippen MR) is 90.5 cm³/mol. The summed E-state index contributed by atoms with van der Waals surface area (Å²) in [5, 5.41) is 3.44. The van der Waals surface area contributed by atoms with Crippen LogP contribution in [0.25, 0.3) is 0 Å². The van der Waals surface area contributed by atoms with Gasteiger partial charge in [0, 0.05) is 37.6 Å². The average Bonchev–Trinajstić information content (AvgIpc) is 2.49. The molecule has 0 bridgehead atoms. The number of hydrogen-bond donors (Lipinski definition) is 1. The molecule has 21 heavy (non-hydrogen) atoms. The molecule has 2 rings (SSSR count). The third-order valence-corrected chi connectivity index (χ3v) is 5.13. The van der Waals surface area contributed by atoms with Crippen LogP contribution in [-0.2, 0) is 4.79 Å². The largest absolute Gasteiger partial charge is 0.338 e. The summed E-state index contributed by atoms with van der Waals surface area (Å²) in [4.78, 5) is 14.5. The maximum atomic E-state index is 12.6. The average molecular weight is 306 g/mol. The Kier molecular flexibility index (Phi) is 6.12. The molecule has 1 fully saturated rings. The Labute approximate surface area is 132 Å². The van der Waals surface area contributed by atoms with Gasteiger partial charge in [0.2, 0.25) is 5.91 Å². The number of nitrogens with zero attached hydrogens (tertiary/aromatic N) is 1. The number of benzene rings is 1. The zero-order valence-electron chi connectivity index (χ0n) is 13.2. The van der Waals surface area contributed by atoms with E-state index in [2.05, 4.69) is 31.3 Å². The van der Waals surface area contributed by atoms with Crippen LogP contribution < -0.4 is 5.32 Å². The molecule has 2 atom stereocenters. The van der Waals surface area contributed by atoms with Crippen molar-refractivity contribution in [1.82, 2.24) is 10.2 Å². The van der Waals surface area contributed by atoms with Gasteiger partial charge in [-0.25, -0.2) is 0 Å². The normalized spacial score (nSPS) is 20.3. The summed E-state index contributed by atoms with van der Waals surface area (Å²) in [5.41, 5.74) is 1.22. The van der Waals surface area contributed by atoms with Gasteiger partial charge >= 0.3 is 0 Å². The zero-order valence-corrected chi connectivity index (χ0v) is 14.0. The van der Waals surface area contributed by atoms with Crippen molar-refractivity contribution in [2.45, 2.75) is 32.4 Å². The molecule has 1 heterocycles. The quantitative estimate of drug-likeness (QED) is 0.908. The highest BCUT2D eigenvalue weighted by atomic mass is 32.2. The molecule has 1 amide bonds. The molecule has 1 aliphatic heterocycles. The molecule has 0 saturated carbocycles. The number of thioether (sulfide) groups is 1. The van der Waals surface area contributed by atoms with Gasteiger partial charge in [0.25, 0.3) is 0 Å². The first-order valence-corrected chi connectivity index (χ1v) is 8.86. The molecule has 1 aromatic rings. The second-order valence-electron chi connectivity index (χ2n) is 6.03. The summed E-state index contributed by atoms with van der Waals surface area (Å²) in [5.74, 6) is 2.82. The number of hydrogen-bond acceptors (Lipinski definition) is 3. The van der Waals surface area contributed by atoms with Crippen LogP contribution in [0, 0.1) is 5.92 Å². The summed E-state index contributed by atoms with van der Waals surface area (Å²) in [6.07, 6.45) is 0.597. The van der Waals surface area contributed by atoms with E-state index in [1.54, 1.807) is 0 Å². The van der Waals surface area contributed by atoms with E-state index in [0.29, 0.717) is 18.4 Å². The van der Waals surface area contributed by atoms with Gasteiger partial charge in [0.05, 0.1) is 6.04 Å². The van der Waals surface area contributed by atoms with E-state index in [4.69, 9.17) is 0 Å². The van der Waals surface area contributed by atoms with Gasteiger partial charge in [-0.2, -0.15) is 11.8 Å². The van der Waals surface area contributed by atoms with Gasteiger partial charge in [0.1, 0.15) is 0 Å². The molecule has 1 aliphatic rings. The van der Waals surface area contributed by atoms with Crippen LogP contribution in [0.4, 0.5) is 0 Å². The highest BCUT2D eigenvalue weighted by Crippen LogP contribution is 2.28. The molecule has 0 aliphatic carbocycles. The maximum absolute atomic E-state index is 12.6. The highest BCUT2D eigenvalue weighted by Gasteiger charge is 2.26. The lowest BCUT2D eigenvalue weighted by Gasteiger charge is -2.33. The summed E-state index contributed by atoms with van der Waals surface area (Å²) in [6.45, 7) is 5.37. The van der Waals surface area contributed by atoms with Gasteiger partial charge < -0.3 is 10.2 Å². The van der Waals surface area contributed by atoms with Crippen molar-refractivity contribution < 1.29 is 4.79 Å². The number of nitrogens with one attached hydrogen (secondary N) is 1. The molecule has 116 valence electrons. The molecule has 3 nitrogen and oxygen atoms in total. The van der Waals surface area contributed by atoms with E-state index in [1.807, 2.05) is 41.9 Å². The Balaban J connectivity index is 2.04. The van der Waals surface area contributed by atoms with Crippen LogP contribution in [0.5, 0.6) is 0 Å². The Morgan fingerprint density at radius 3 is 2.67 bits per heavy atom. The predicted octanol–water partition coefficient (Wildman–Crippen LogP) is 2.94. The van der Waals surface area contributed by atoms with Gasteiger partial charge in [-0.05, 0) is 11.5 Å². The molecule has 1 aromatic carbocycles. The fourth-order valence-electron chi connectivity index (χ4n) is 2.97. The van der Waals surface area contributed by atoms with E-state index in [9.17, 15) is 4.79 Å². The van der Waals surface area contributed by atoms with Crippen molar-refractivity contribution in [3.05, 3.63) is 35.9 Å². The molecule has 1 N–H and O–H groups in total. The maximum Gasteiger partial charge on any atom is 0.224 e. The summed E-state index contributed by atoms with van der Waals surface area (Å²) < 4.78 is 0. The van der Waals surface area contributed by atoms with Crippen LogP contribution in [-0.4, -0.2) is 41.9 Å². The van der Waals surface area contributed by atoms with Gasteiger partial charge in [-0.15, -0.1) is 0 Å². The van der Waals surface area contributed by atoms with Crippen molar-refractivity contribution in [2.24, 2.45) is 5.92 Å². The first kappa shape index (κ1) is 16.4. The molecule has 0 radical (unpaired) electrons. The number of carbonyl (C=O) groups is 1. The lowest BCUT2D eigenvalue weighted by Crippen LogP contribution is -2.43. The van der Waals surface area contributed by atoms with Crippen LogP contribution in [0.2, 0.25) is 0 Å². The topological polar surface area (TPSA) is 32.3 Å². The van der Waals surface area contributed by atoms with E-state index in [1.165, 1.54) is 5.56 Å². The van der Waals surface area contributed by atoms with Crippen LogP contribution in [0.3, 0.4) is 0 Å². The summed E-state index contributed by atoms with van der Waals surface area (Å²) >= 11 is 1.93. The molecular weight excluding hydrogens is 280 g/mol.